The number of carbonyl (C=O) groups is 1. The molecule has 0 N–H and O–H groups in total. The van der Waals surface area contributed by atoms with Crippen LogP contribution in [0.1, 0.15) is 48.0 Å². The minimum Gasteiger partial charge on any atom is -0.457 e. The Morgan fingerprint density at radius 3 is 1.93 bits per heavy atom. The normalized spacial score (nSPS) is 30.6. The lowest BCUT2D eigenvalue weighted by Crippen LogP contribution is -2.27. The minimum atomic E-state index is -4.86. The Balaban J connectivity index is 1.30. The van der Waals surface area contributed by atoms with Crippen LogP contribution < -0.4 is 4.74 Å². The summed E-state index contributed by atoms with van der Waals surface area (Å²) >= 11 is 0. The highest BCUT2D eigenvalue weighted by molar-refractivity contribution is 6.00. The van der Waals surface area contributed by atoms with Crippen LogP contribution >= 0.6 is 0 Å². The lowest BCUT2D eigenvalue weighted by Gasteiger charge is -2.33. The summed E-state index contributed by atoms with van der Waals surface area (Å²) in [5.74, 6) is 1.82. The molecule has 6 rings (SSSR count). The minimum absolute atomic E-state index is 0.353. The molecule has 0 radical (unpaired) electrons. The molecular weight excluding hydrogens is 365 g/mol. The van der Waals surface area contributed by atoms with E-state index in [1.807, 2.05) is 12.1 Å². The Hall–Kier alpha value is -2.30. The molecule has 4 bridgehead atoms. The molecule has 28 heavy (non-hydrogen) atoms. The molecule has 0 aliphatic heterocycles. The van der Waals surface area contributed by atoms with E-state index >= 15 is 0 Å². The number of carbonyl (C=O) groups excluding carboxylic acids is 1. The van der Waals surface area contributed by atoms with Crippen molar-refractivity contribution in [1.82, 2.24) is 0 Å². The van der Waals surface area contributed by atoms with Gasteiger partial charge >= 0.3 is 6.18 Å². The standard InChI is InChI=1S/C23H21F3O2/c24-23(25,26)21(27)16-1-5-19(6-2-16)28-20-7-3-17(4-8-20)22-12-14-9-15(13-22)11-18(22)10-14/h1-8,14-15,18H,9-13H2. The number of ketones is 1. The first-order valence-corrected chi connectivity index (χ1v) is 9.83. The summed E-state index contributed by atoms with van der Waals surface area (Å²) in [5, 5.41) is 0. The van der Waals surface area contributed by atoms with Crippen LogP contribution in [0.3, 0.4) is 0 Å². The van der Waals surface area contributed by atoms with E-state index in [2.05, 4.69) is 12.1 Å². The highest BCUT2D eigenvalue weighted by Gasteiger charge is 2.58. The predicted molar refractivity (Wildman–Crippen MR) is 98.6 cm³/mol. The third-order valence-electron chi connectivity index (χ3n) is 7.03. The molecule has 5 heteroatoms. The van der Waals surface area contributed by atoms with Crippen molar-refractivity contribution in [3.8, 4) is 11.5 Å². The highest BCUT2D eigenvalue weighted by Crippen LogP contribution is 2.65. The number of halogens is 3. The van der Waals surface area contributed by atoms with Gasteiger partial charge in [0.1, 0.15) is 11.5 Å². The zero-order chi connectivity index (χ0) is 19.5. The van der Waals surface area contributed by atoms with Gasteiger partial charge in [-0.25, -0.2) is 0 Å². The average molecular weight is 386 g/mol. The molecule has 146 valence electrons. The molecule has 2 aromatic rings. The number of hydrogen-bond acceptors (Lipinski definition) is 2. The smallest absolute Gasteiger partial charge is 0.454 e. The molecule has 0 heterocycles. The van der Waals surface area contributed by atoms with Gasteiger partial charge in [-0.05, 0) is 97.2 Å². The fraction of sp³-hybridized carbons (Fsp3) is 0.435. The van der Waals surface area contributed by atoms with Crippen LogP contribution in [-0.4, -0.2) is 12.0 Å². The lowest BCUT2D eigenvalue weighted by atomic mass is 9.71. The molecule has 4 fully saturated rings. The van der Waals surface area contributed by atoms with Crippen LogP contribution in [-0.2, 0) is 5.41 Å². The van der Waals surface area contributed by atoms with Crippen molar-refractivity contribution in [2.24, 2.45) is 17.8 Å². The SMILES string of the molecule is O=C(c1ccc(Oc2ccc(C34CC5CC(CC3C5)C4)cc2)cc1)C(F)(F)F. The molecule has 0 amide bonds. The van der Waals surface area contributed by atoms with E-state index in [1.54, 1.807) is 0 Å². The van der Waals surface area contributed by atoms with E-state index in [0.29, 0.717) is 16.9 Å². The van der Waals surface area contributed by atoms with Gasteiger partial charge in [0.2, 0.25) is 0 Å². The number of rotatable bonds is 4. The number of hydrogen-bond donors (Lipinski definition) is 0. The second-order valence-corrected chi connectivity index (χ2v) is 8.68. The van der Waals surface area contributed by atoms with Crippen molar-refractivity contribution in [1.29, 1.82) is 0 Å². The van der Waals surface area contributed by atoms with E-state index in [-0.39, 0.29) is 5.56 Å². The Morgan fingerprint density at radius 1 is 0.857 bits per heavy atom. The quantitative estimate of drug-likeness (QED) is 0.576. The molecule has 0 aromatic heterocycles. The van der Waals surface area contributed by atoms with Gasteiger partial charge in [0.05, 0.1) is 0 Å². The molecular formula is C23H21F3O2. The van der Waals surface area contributed by atoms with Crippen LogP contribution in [0.5, 0.6) is 11.5 Å². The second kappa shape index (κ2) is 6.10. The maximum absolute atomic E-state index is 12.5. The second-order valence-electron chi connectivity index (χ2n) is 8.68. The maximum atomic E-state index is 12.5. The van der Waals surface area contributed by atoms with Crippen LogP contribution in [0.4, 0.5) is 13.2 Å². The number of Topliss-reactive ketones (excluding diaryl/α,β-unsaturated/α-hetero) is 1. The molecule has 4 saturated carbocycles. The summed E-state index contributed by atoms with van der Waals surface area (Å²) in [7, 11) is 0. The maximum Gasteiger partial charge on any atom is 0.454 e. The van der Waals surface area contributed by atoms with Gasteiger partial charge in [0.25, 0.3) is 5.78 Å². The van der Waals surface area contributed by atoms with Crippen molar-refractivity contribution < 1.29 is 22.7 Å². The van der Waals surface area contributed by atoms with Crippen LogP contribution in [0.15, 0.2) is 48.5 Å². The Bertz CT molecular complexity index is 885. The number of benzene rings is 2. The Morgan fingerprint density at radius 2 is 1.39 bits per heavy atom. The summed E-state index contributed by atoms with van der Waals surface area (Å²) in [6.45, 7) is 0. The third kappa shape index (κ3) is 2.83. The summed E-state index contributed by atoms with van der Waals surface area (Å²) in [6, 6.07) is 13.3. The van der Waals surface area contributed by atoms with Gasteiger partial charge in [0.15, 0.2) is 0 Å². The van der Waals surface area contributed by atoms with Gasteiger partial charge < -0.3 is 4.74 Å². The Kier molecular flexibility index (Phi) is 3.87. The van der Waals surface area contributed by atoms with Crippen molar-refractivity contribution >= 4 is 5.78 Å². The topological polar surface area (TPSA) is 26.3 Å². The number of alkyl halides is 3. The van der Waals surface area contributed by atoms with Crippen LogP contribution in [0.2, 0.25) is 0 Å². The third-order valence-corrected chi connectivity index (χ3v) is 7.03. The first kappa shape index (κ1) is 17.8. The van der Waals surface area contributed by atoms with Crippen LogP contribution in [0.25, 0.3) is 0 Å². The average Bonchev–Trinajstić information content (AvgIpc) is 3.06. The zero-order valence-electron chi connectivity index (χ0n) is 15.3. The molecule has 0 saturated heterocycles. The fourth-order valence-electron chi connectivity index (χ4n) is 6.10. The fourth-order valence-corrected chi connectivity index (χ4v) is 6.10. The molecule has 2 atom stereocenters. The Labute approximate surface area is 161 Å². The summed E-state index contributed by atoms with van der Waals surface area (Å²) < 4.78 is 43.2. The highest BCUT2D eigenvalue weighted by atomic mass is 19.4. The first-order valence-electron chi connectivity index (χ1n) is 9.83. The largest absolute Gasteiger partial charge is 0.457 e. The molecule has 2 unspecified atom stereocenters. The zero-order valence-corrected chi connectivity index (χ0v) is 15.3. The van der Waals surface area contributed by atoms with E-state index < -0.39 is 12.0 Å². The van der Waals surface area contributed by atoms with Gasteiger partial charge in [-0.3, -0.25) is 4.79 Å². The number of ether oxygens (including phenoxy) is 1. The molecule has 2 nitrogen and oxygen atoms in total. The van der Waals surface area contributed by atoms with Crippen molar-refractivity contribution in [3.63, 3.8) is 0 Å². The van der Waals surface area contributed by atoms with Gasteiger partial charge in [-0.2, -0.15) is 13.2 Å². The molecule has 2 aromatic carbocycles. The van der Waals surface area contributed by atoms with E-state index in [4.69, 9.17) is 4.74 Å². The van der Waals surface area contributed by atoms with Gasteiger partial charge in [-0.15, -0.1) is 0 Å². The van der Waals surface area contributed by atoms with Crippen molar-refractivity contribution in [2.45, 2.75) is 43.7 Å². The van der Waals surface area contributed by atoms with E-state index in [0.717, 1.165) is 29.9 Å². The lowest BCUT2D eigenvalue weighted by molar-refractivity contribution is -0.0885. The predicted octanol–water partition coefficient (Wildman–Crippen LogP) is 6.30. The first-order chi connectivity index (χ1) is 13.3. The van der Waals surface area contributed by atoms with Gasteiger partial charge in [0, 0.05) is 5.56 Å². The van der Waals surface area contributed by atoms with Crippen LogP contribution in [0, 0.1) is 17.8 Å². The van der Waals surface area contributed by atoms with Crippen molar-refractivity contribution in [2.75, 3.05) is 0 Å². The summed E-state index contributed by atoms with van der Waals surface area (Å²) in [5.41, 5.74) is 1.37. The summed E-state index contributed by atoms with van der Waals surface area (Å²) in [4.78, 5) is 11.2. The molecule has 0 spiro atoms. The summed E-state index contributed by atoms with van der Waals surface area (Å²) in [6.07, 6.45) is 1.91. The molecule has 4 aliphatic carbocycles. The molecule has 4 aliphatic rings. The van der Waals surface area contributed by atoms with E-state index in [1.165, 1.54) is 49.8 Å². The van der Waals surface area contributed by atoms with Gasteiger partial charge in [-0.1, -0.05) is 12.1 Å². The van der Waals surface area contributed by atoms with Crippen molar-refractivity contribution in [3.05, 3.63) is 59.7 Å². The van der Waals surface area contributed by atoms with E-state index in [9.17, 15) is 18.0 Å². The monoisotopic (exact) mass is 386 g/mol.